The predicted molar refractivity (Wildman–Crippen MR) is 105 cm³/mol. The van der Waals surface area contributed by atoms with E-state index >= 15 is 0 Å². The number of carbonyl (C=O) groups is 2. The Labute approximate surface area is 161 Å². The Bertz CT molecular complexity index is 704. The van der Waals surface area contributed by atoms with Crippen molar-refractivity contribution in [2.75, 3.05) is 6.54 Å². The van der Waals surface area contributed by atoms with E-state index in [2.05, 4.69) is 24.0 Å². The Morgan fingerprint density at radius 2 is 1.96 bits per heavy atom. The first-order valence-corrected chi connectivity index (χ1v) is 9.69. The second-order valence-corrected chi connectivity index (χ2v) is 8.74. The highest BCUT2D eigenvalue weighted by atomic mass is 16.6. The largest absolute Gasteiger partial charge is 0.444 e. The van der Waals surface area contributed by atoms with Crippen LogP contribution in [0.25, 0.3) is 0 Å². The van der Waals surface area contributed by atoms with E-state index in [0.29, 0.717) is 18.9 Å². The van der Waals surface area contributed by atoms with Gasteiger partial charge in [-0.25, -0.2) is 4.79 Å². The van der Waals surface area contributed by atoms with Crippen LogP contribution >= 0.6 is 0 Å². The molecule has 1 aromatic rings. The highest BCUT2D eigenvalue weighted by Crippen LogP contribution is 2.47. The molecule has 2 fully saturated rings. The molecule has 0 aliphatic heterocycles. The van der Waals surface area contributed by atoms with Crippen LogP contribution in [0.2, 0.25) is 0 Å². The molecule has 27 heavy (non-hydrogen) atoms. The Morgan fingerprint density at radius 3 is 2.52 bits per heavy atom. The average Bonchev–Trinajstić information content (AvgIpc) is 3.48. The van der Waals surface area contributed by atoms with E-state index in [1.54, 1.807) is 6.08 Å². The molecule has 0 saturated heterocycles. The van der Waals surface area contributed by atoms with Crippen LogP contribution in [0.5, 0.6) is 0 Å². The number of ether oxygens (including phenoxy) is 1. The van der Waals surface area contributed by atoms with E-state index < -0.39 is 11.7 Å². The van der Waals surface area contributed by atoms with Crippen LogP contribution in [0.4, 0.5) is 4.79 Å². The second-order valence-electron chi connectivity index (χ2n) is 8.74. The van der Waals surface area contributed by atoms with Crippen LogP contribution in [-0.2, 0) is 9.53 Å². The molecule has 0 radical (unpaired) electrons. The van der Waals surface area contributed by atoms with Crippen molar-refractivity contribution in [1.82, 2.24) is 10.2 Å². The molecule has 2 aliphatic rings. The van der Waals surface area contributed by atoms with Gasteiger partial charge in [-0.1, -0.05) is 36.4 Å². The van der Waals surface area contributed by atoms with Gasteiger partial charge in [0.1, 0.15) is 5.60 Å². The molecule has 0 bridgehead atoms. The molecule has 3 rings (SSSR count). The summed E-state index contributed by atoms with van der Waals surface area (Å²) in [5, 5.41) is 3.01. The first-order chi connectivity index (χ1) is 12.7. The van der Waals surface area contributed by atoms with Crippen molar-refractivity contribution in [3.05, 3.63) is 48.6 Å². The summed E-state index contributed by atoms with van der Waals surface area (Å²) in [7, 11) is 0. The highest BCUT2D eigenvalue weighted by molar-refractivity contribution is 5.79. The Morgan fingerprint density at radius 1 is 1.30 bits per heavy atom. The summed E-state index contributed by atoms with van der Waals surface area (Å²) < 4.78 is 5.40. The molecular weight excluding hydrogens is 340 g/mol. The molecule has 1 N–H and O–H groups in total. The number of nitrogens with zero attached hydrogens (tertiary/aromatic N) is 1. The second kappa shape index (κ2) is 7.37. The third kappa shape index (κ3) is 5.12. The lowest BCUT2D eigenvalue weighted by Crippen LogP contribution is -2.49. The quantitative estimate of drug-likeness (QED) is 0.738. The number of alkyl carbamates (subject to hydrolysis) is 1. The van der Waals surface area contributed by atoms with E-state index in [1.807, 2.05) is 43.9 Å². The van der Waals surface area contributed by atoms with Gasteiger partial charge in [-0.3, -0.25) is 4.79 Å². The fourth-order valence-corrected chi connectivity index (χ4v) is 3.54. The molecule has 1 aromatic carbocycles. The SMILES string of the molecule is C=CCC(=O)N(CC1(NC(=O)OC(C)(C)C)CC1)C1CC1c1ccccc1. The zero-order chi connectivity index (χ0) is 19.7. The molecule has 146 valence electrons. The lowest BCUT2D eigenvalue weighted by Gasteiger charge is -2.30. The fourth-order valence-electron chi connectivity index (χ4n) is 3.54. The summed E-state index contributed by atoms with van der Waals surface area (Å²) in [5.41, 5.74) is 0.375. The third-order valence-electron chi connectivity index (χ3n) is 5.12. The van der Waals surface area contributed by atoms with Crippen LogP contribution in [0, 0.1) is 0 Å². The van der Waals surface area contributed by atoms with Crippen molar-refractivity contribution in [2.24, 2.45) is 0 Å². The number of hydrogen-bond donors (Lipinski definition) is 1. The maximum absolute atomic E-state index is 12.7. The third-order valence-corrected chi connectivity index (χ3v) is 5.12. The maximum atomic E-state index is 12.7. The van der Waals surface area contributed by atoms with Crippen LogP contribution < -0.4 is 5.32 Å². The molecule has 0 spiro atoms. The summed E-state index contributed by atoms with van der Waals surface area (Å²) in [4.78, 5) is 26.9. The first kappa shape index (κ1) is 19.5. The zero-order valence-corrected chi connectivity index (χ0v) is 16.5. The fraction of sp³-hybridized carbons (Fsp3) is 0.545. The predicted octanol–water partition coefficient (Wildman–Crippen LogP) is 4.00. The van der Waals surface area contributed by atoms with Crippen molar-refractivity contribution in [3.8, 4) is 0 Å². The van der Waals surface area contributed by atoms with Crippen LogP contribution in [0.15, 0.2) is 43.0 Å². The number of hydrogen-bond acceptors (Lipinski definition) is 3. The van der Waals surface area contributed by atoms with Gasteiger partial charge in [0, 0.05) is 24.9 Å². The minimum Gasteiger partial charge on any atom is -0.444 e. The van der Waals surface area contributed by atoms with Gasteiger partial charge in [0.05, 0.1) is 5.54 Å². The van der Waals surface area contributed by atoms with Crippen molar-refractivity contribution in [2.45, 2.75) is 69.6 Å². The van der Waals surface area contributed by atoms with Gasteiger partial charge in [0.2, 0.25) is 5.91 Å². The summed E-state index contributed by atoms with van der Waals surface area (Å²) >= 11 is 0. The van der Waals surface area contributed by atoms with Gasteiger partial charge in [0.25, 0.3) is 0 Å². The minimum atomic E-state index is -0.534. The average molecular weight is 370 g/mol. The van der Waals surface area contributed by atoms with Gasteiger partial charge < -0.3 is 15.0 Å². The lowest BCUT2D eigenvalue weighted by atomic mass is 10.1. The lowest BCUT2D eigenvalue weighted by molar-refractivity contribution is -0.131. The topological polar surface area (TPSA) is 58.6 Å². The van der Waals surface area contributed by atoms with Gasteiger partial charge in [-0.05, 0) is 45.6 Å². The molecule has 0 heterocycles. The van der Waals surface area contributed by atoms with Crippen molar-refractivity contribution in [3.63, 3.8) is 0 Å². The van der Waals surface area contributed by atoms with Gasteiger partial charge in [-0.2, -0.15) is 0 Å². The van der Waals surface area contributed by atoms with Crippen molar-refractivity contribution >= 4 is 12.0 Å². The summed E-state index contributed by atoms with van der Waals surface area (Å²) in [6.45, 7) is 9.78. The molecule has 5 nitrogen and oxygen atoms in total. The monoisotopic (exact) mass is 370 g/mol. The Balaban J connectivity index is 1.67. The van der Waals surface area contributed by atoms with E-state index in [-0.39, 0.29) is 17.5 Å². The molecule has 2 saturated carbocycles. The van der Waals surface area contributed by atoms with Gasteiger partial charge >= 0.3 is 6.09 Å². The van der Waals surface area contributed by atoms with E-state index in [4.69, 9.17) is 4.74 Å². The van der Waals surface area contributed by atoms with Crippen LogP contribution in [0.3, 0.4) is 0 Å². The van der Waals surface area contributed by atoms with Gasteiger partial charge in [0.15, 0.2) is 0 Å². The number of amides is 2. The number of rotatable bonds is 7. The molecule has 0 aromatic heterocycles. The van der Waals surface area contributed by atoms with Crippen molar-refractivity contribution < 1.29 is 14.3 Å². The smallest absolute Gasteiger partial charge is 0.408 e. The molecule has 2 atom stereocenters. The van der Waals surface area contributed by atoms with E-state index in [1.165, 1.54) is 5.56 Å². The molecule has 5 heteroatoms. The Kier molecular flexibility index (Phi) is 5.31. The number of carbonyl (C=O) groups excluding carboxylic acids is 2. The molecular formula is C22H30N2O3. The van der Waals surface area contributed by atoms with Crippen LogP contribution in [0.1, 0.15) is 57.9 Å². The molecule has 2 unspecified atom stereocenters. The van der Waals surface area contributed by atoms with Gasteiger partial charge in [-0.15, -0.1) is 6.58 Å². The summed E-state index contributed by atoms with van der Waals surface area (Å²) in [5.74, 6) is 0.447. The maximum Gasteiger partial charge on any atom is 0.408 e. The first-order valence-electron chi connectivity index (χ1n) is 9.69. The molecule has 2 aliphatic carbocycles. The van der Waals surface area contributed by atoms with Crippen LogP contribution in [-0.4, -0.2) is 40.6 Å². The zero-order valence-electron chi connectivity index (χ0n) is 16.5. The normalized spacial score (nSPS) is 22.5. The summed E-state index contributed by atoms with van der Waals surface area (Å²) in [6, 6.07) is 10.5. The minimum absolute atomic E-state index is 0.0747. The Hall–Kier alpha value is -2.30. The summed E-state index contributed by atoms with van der Waals surface area (Å²) in [6.07, 6.45) is 4.26. The van der Waals surface area contributed by atoms with Crippen molar-refractivity contribution in [1.29, 1.82) is 0 Å². The van der Waals surface area contributed by atoms with E-state index in [9.17, 15) is 9.59 Å². The number of nitrogens with one attached hydrogen (secondary N) is 1. The highest BCUT2D eigenvalue weighted by Gasteiger charge is 2.52. The standard InChI is InChI=1S/C22H30N2O3/c1-5-9-19(25)24(18-14-17(18)16-10-7-6-8-11-16)15-22(12-13-22)23-20(26)27-21(2,3)4/h5-8,10-11,17-18H,1,9,12-15H2,2-4H3,(H,23,26). The van der Waals surface area contributed by atoms with E-state index in [0.717, 1.165) is 19.3 Å². The number of benzene rings is 1. The molecule has 2 amide bonds.